The quantitative estimate of drug-likeness (QED) is 0.790. The second-order valence-corrected chi connectivity index (χ2v) is 3.89. The summed E-state index contributed by atoms with van der Waals surface area (Å²) in [5, 5.41) is 0. The van der Waals surface area contributed by atoms with Crippen LogP contribution in [-0.2, 0) is 11.2 Å². The average Bonchev–Trinajstić information content (AvgIpc) is 2.65. The van der Waals surface area contributed by atoms with Crippen molar-refractivity contribution in [3.05, 3.63) is 41.8 Å². The van der Waals surface area contributed by atoms with Gasteiger partial charge in [-0.3, -0.25) is 4.79 Å². The van der Waals surface area contributed by atoms with Crippen molar-refractivity contribution in [1.82, 2.24) is 4.98 Å². The SMILES string of the molecule is CC(=O)Cc1coc(-c2cccc(C)c2)n1. The lowest BCUT2D eigenvalue weighted by Crippen LogP contribution is -1.96. The van der Waals surface area contributed by atoms with Gasteiger partial charge in [0.25, 0.3) is 0 Å². The zero-order valence-electron chi connectivity index (χ0n) is 9.36. The number of benzene rings is 1. The highest BCUT2D eigenvalue weighted by Gasteiger charge is 2.07. The van der Waals surface area contributed by atoms with Gasteiger partial charge in [0.15, 0.2) is 0 Å². The highest BCUT2D eigenvalue weighted by molar-refractivity contribution is 5.77. The molecule has 0 saturated heterocycles. The lowest BCUT2D eigenvalue weighted by atomic mass is 10.1. The zero-order chi connectivity index (χ0) is 11.5. The van der Waals surface area contributed by atoms with Gasteiger partial charge < -0.3 is 4.42 Å². The minimum Gasteiger partial charge on any atom is -0.444 e. The molecular formula is C13H13NO2. The largest absolute Gasteiger partial charge is 0.444 e. The third-order valence-electron chi connectivity index (χ3n) is 2.25. The molecule has 0 aliphatic rings. The molecule has 0 saturated carbocycles. The summed E-state index contributed by atoms with van der Waals surface area (Å²) >= 11 is 0. The Hall–Kier alpha value is -1.90. The van der Waals surface area contributed by atoms with Crippen LogP contribution in [-0.4, -0.2) is 10.8 Å². The molecule has 0 amide bonds. The second kappa shape index (κ2) is 4.31. The predicted octanol–water partition coefficient (Wildman–Crippen LogP) is 2.78. The molecule has 1 aromatic carbocycles. The molecule has 16 heavy (non-hydrogen) atoms. The Balaban J connectivity index is 2.28. The first-order valence-electron chi connectivity index (χ1n) is 5.16. The van der Waals surface area contributed by atoms with Crippen molar-refractivity contribution < 1.29 is 9.21 Å². The van der Waals surface area contributed by atoms with Crippen molar-refractivity contribution in [2.75, 3.05) is 0 Å². The summed E-state index contributed by atoms with van der Waals surface area (Å²) in [5.41, 5.74) is 2.78. The molecule has 1 aromatic heterocycles. The molecule has 0 unspecified atom stereocenters. The van der Waals surface area contributed by atoms with Crippen molar-refractivity contribution in [1.29, 1.82) is 0 Å². The van der Waals surface area contributed by atoms with Crippen LogP contribution in [0.25, 0.3) is 11.5 Å². The van der Waals surface area contributed by atoms with E-state index in [1.165, 1.54) is 0 Å². The third kappa shape index (κ3) is 2.37. The van der Waals surface area contributed by atoms with Crippen LogP contribution in [0, 0.1) is 6.92 Å². The maximum absolute atomic E-state index is 10.9. The first-order valence-corrected chi connectivity index (χ1v) is 5.16. The Morgan fingerprint density at radius 3 is 2.94 bits per heavy atom. The standard InChI is InChI=1S/C13H13NO2/c1-9-4-3-5-11(6-9)13-14-12(8-16-13)7-10(2)15/h3-6,8H,7H2,1-2H3. The number of ketones is 1. The molecule has 0 spiro atoms. The molecule has 0 aliphatic carbocycles. The Kier molecular flexibility index (Phi) is 2.86. The first-order chi connectivity index (χ1) is 7.65. The number of oxazole rings is 1. The Morgan fingerprint density at radius 1 is 1.44 bits per heavy atom. The lowest BCUT2D eigenvalue weighted by molar-refractivity contribution is -0.116. The molecule has 2 aromatic rings. The van der Waals surface area contributed by atoms with Gasteiger partial charge >= 0.3 is 0 Å². The summed E-state index contributed by atoms with van der Waals surface area (Å²) in [6.07, 6.45) is 1.87. The third-order valence-corrected chi connectivity index (χ3v) is 2.25. The van der Waals surface area contributed by atoms with Crippen molar-refractivity contribution in [2.45, 2.75) is 20.3 Å². The highest BCUT2D eigenvalue weighted by atomic mass is 16.3. The lowest BCUT2D eigenvalue weighted by Gasteiger charge is -1.96. The predicted molar refractivity (Wildman–Crippen MR) is 61.1 cm³/mol. The van der Waals surface area contributed by atoms with E-state index in [9.17, 15) is 4.79 Å². The van der Waals surface area contributed by atoms with Gasteiger partial charge in [-0.1, -0.05) is 17.7 Å². The van der Waals surface area contributed by atoms with E-state index in [0.29, 0.717) is 18.0 Å². The Bertz CT molecular complexity index is 514. The summed E-state index contributed by atoms with van der Waals surface area (Å²) in [7, 11) is 0. The molecule has 0 atom stereocenters. The van der Waals surface area contributed by atoms with E-state index in [1.54, 1.807) is 13.2 Å². The van der Waals surface area contributed by atoms with Crippen molar-refractivity contribution in [3.8, 4) is 11.5 Å². The topological polar surface area (TPSA) is 43.1 Å². The maximum Gasteiger partial charge on any atom is 0.226 e. The van der Waals surface area contributed by atoms with Gasteiger partial charge in [0.2, 0.25) is 5.89 Å². The minimum absolute atomic E-state index is 0.0871. The van der Waals surface area contributed by atoms with Crippen LogP contribution in [0.3, 0.4) is 0 Å². The van der Waals surface area contributed by atoms with E-state index >= 15 is 0 Å². The smallest absolute Gasteiger partial charge is 0.226 e. The number of carbonyl (C=O) groups is 1. The van der Waals surface area contributed by atoms with Crippen LogP contribution in [0.15, 0.2) is 34.9 Å². The molecule has 2 rings (SSSR count). The fraction of sp³-hybridized carbons (Fsp3) is 0.231. The van der Waals surface area contributed by atoms with Crippen LogP contribution < -0.4 is 0 Å². The molecule has 0 radical (unpaired) electrons. The molecule has 0 fully saturated rings. The molecule has 3 heteroatoms. The van der Waals surface area contributed by atoms with E-state index < -0.39 is 0 Å². The maximum atomic E-state index is 10.9. The van der Waals surface area contributed by atoms with Crippen molar-refractivity contribution >= 4 is 5.78 Å². The van der Waals surface area contributed by atoms with E-state index in [0.717, 1.165) is 11.1 Å². The summed E-state index contributed by atoms with van der Waals surface area (Å²) in [4.78, 5) is 15.2. The molecule has 1 heterocycles. The summed E-state index contributed by atoms with van der Waals surface area (Å²) in [6, 6.07) is 7.92. The van der Waals surface area contributed by atoms with Gasteiger partial charge in [0.05, 0.1) is 12.1 Å². The number of rotatable bonds is 3. The van der Waals surface area contributed by atoms with Crippen LogP contribution in [0.4, 0.5) is 0 Å². The number of carbonyl (C=O) groups excluding carboxylic acids is 1. The number of hydrogen-bond donors (Lipinski definition) is 0. The average molecular weight is 215 g/mol. The summed E-state index contributed by atoms with van der Waals surface area (Å²) in [6.45, 7) is 3.56. The van der Waals surface area contributed by atoms with E-state index in [4.69, 9.17) is 4.42 Å². The van der Waals surface area contributed by atoms with Crippen molar-refractivity contribution in [2.24, 2.45) is 0 Å². The van der Waals surface area contributed by atoms with Gasteiger partial charge in [0.1, 0.15) is 12.0 Å². The summed E-state index contributed by atoms with van der Waals surface area (Å²) < 4.78 is 5.34. The number of aryl methyl sites for hydroxylation is 1. The van der Waals surface area contributed by atoms with Gasteiger partial charge in [0, 0.05) is 5.56 Å². The molecule has 3 nitrogen and oxygen atoms in total. The molecule has 82 valence electrons. The normalized spacial score (nSPS) is 10.4. The molecular weight excluding hydrogens is 202 g/mol. The minimum atomic E-state index is 0.0871. The fourth-order valence-electron chi connectivity index (χ4n) is 1.55. The fourth-order valence-corrected chi connectivity index (χ4v) is 1.55. The first kappa shape index (κ1) is 10.6. The second-order valence-electron chi connectivity index (χ2n) is 3.89. The number of aromatic nitrogens is 1. The Labute approximate surface area is 94.1 Å². The number of Topliss-reactive ketones (excluding diaryl/α,β-unsaturated/α-hetero) is 1. The van der Waals surface area contributed by atoms with E-state index in [-0.39, 0.29) is 5.78 Å². The van der Waals surface area contributed by atoms with Crippen LogP contribution in [0.1, 0.15) is 18.2 Å². The molecule has 0 bridgehead atoms. The van der Waals surface area contributed by atoms with Crippen molar-refractivity contribution in [3.63, 3.8) is 0 Å². The van der Waals surface area contributed by atoms with Gasteiger partial charge in [-0.05, 0) is 26.0 Å². The Morgan fingerprint density at radius 2 is 2.25 bits per heavy atom. The van der Waals surface area contributed by atoms with Gasteiger partial charge in [-0.2, -0.15) is 0 Å². The van der Waals surface area contributed by atoms with Gasteiger partial charge in [-0.15, -0.1) is 0 Å². The van der Waals surface area contributed by atoms with E-state index in [2.05, 4.69) is 4.98 Å². The number of nitrogens with zero attached hydrogens (tertiary/aromatic N) is 1. The summed E-state index contributed by atoms with van der Waals surface area (Å²) in [5.74, 6) is 0.657. The highest BCUT2D eigenvalue weighted by Crippen LogP contribution is 2.19. The van der Waals surface area contributed by atoms with Crippen LogP contribution in [0.5, 0.6) is 0 Å². The zero-order valence-corrected chi connectivity index (χ0v) is 9.36. The van der Waals surface area contributed by atoms with Gasteiger partial charge in [-0.25, -0.2) is 4.98 Å². The van der Waals surface area contributed by atoms with E-state index in [1.807, 2.05) is 31.2 Å². The van der Waals surface area contributed by atoms with Crippen LogP contribution in [0.2, 0.25) is 0 Å². The molecule has 0 N–H and O–H groups in total. The number of hydrogen-bond acceptors (Lipinski definition) is 3. The molecule has 0 aliphatic heterocycles. The van der Waals surface area contributed by atoms with Crippen LogP contribution >= 0.6 is 0 Å². The monoisotopic (exact) mass is 215 g/mol.